The number of anilines is 1. The number of thiazole rings is 1. The Labute approximate surface area is 119 Å². The fourth-order valence-corrected chi connectivity index (χ4v) is 2.30. The Morgan fingerprint density at radius 2 is 2.30 bits per heavy atom. The zero-order chi connectivity index (χ0) is 14.5. The van der Waals surface area contributed by atoms with Crippen LogP contribution in [0.3, 0.4) is 0 Å². The number of carboxylic acid groups (broad SMARTS) is 1. The van der Waals surface area contributed by atoms with Crippen LogP contribution < -0.4 is 10.1 Å². The van der Waals surface area contributed by atoms with Crippen LogP contribution in [0.4, 0.5) is 5.82 Å². The van der Waals surface area contributed by atoms with Gasteiger partial charge in [0.1, 0.15) is 10.8 Å². The van der Waals surface area contributed by atoms with Gasteiger partial charge in [0.05, 0.1) is 25.0 Å². The van der Waals surface area contributed by atoms with E-state index in [0.717, 1.165) is 0 Å². The first-order valence-electron chi connectivity index (χ1n) is 6.00. The van der Waals surface area contributed by atoms with E-state index in [0.29, 0.717) is 23.3 Å². The minimum absolute atomic E-state index is 0.0489. The van der Waals surface area contributed by atoms with E-state index in [4.69, 9.17) is 9.84 Å². The van der Waals surface area contributed by atoms with E-state index in [2.05, 4.69) is 20.3 Å². The van der Waals surface area contributed by atoms with Gasteiger partial charge >= 0.3 is 5.97 Å². The highest BCUT2D eigenvalue weighted by Crippen LogP contribution is 2.22. The predicted octanol–water partition coefficient (Wildman–Crippen LogP) is 2.20. The number of ether oxygens (including phenoxy) is 1. The average Bonchev–Trinajstić information content (AvgIpc) is 2.89. The van der Waals surface area contributed by atoms with Gasteiger partial charge in [-0.2, -0.15) is 4.98 Å². The minimum atomic E-state index is -1.03. The number of aromatic carboxylic acids is 1. The number of carboxylic acids is 1. The Hall–Kier alpha value is -2.22. The Morgan fingerprint density at radius 1 is 1.50 bits per heavy atom. The lowest BCUT2D eigenvalue weighted by Crippen LogP contribution is -2.09. The molecule has 0 fully saturated rings. The van der Waals surface area contributed by atoms with Crippen LogP contribution in [0.2, 0.25) is 0 Å². The smallest absolute Gasteiger partial charge is 0.355 e. The molecule has 2 aromatic heterocycles. The van der Waals surface area contributed by atoms with Crippen LogP contribution in [0.5, 0.6) is 5.88 Å². The second-order valence-corrected chi connectivity index (χ2v) is 4.81. The van der Waals surface area contributed by atoms with E-state index in [1.807, 2.05) is 13.8 Å². The van der Waals surface area contributed by atoms with Gasteiger partial charge in [0.25, 0.3) is 0 Å². The molecule has 0 aliphatic rings. The van der Waals surface area contributed by atoms with Crippen molar-refractivity contribution < 1.29 is 14.6 Å². The SMILES string of the molecule is CCOc1cncc(NC(C)c2nc(C(=O)O)cs2)n1. The second kappa shape index (κ2) is 6.29. The van der Waals surface area contributed by atoms with Crippen LogP contribution in [0.25, 0.3) is 0 Å². The lowest BCUT2D eigenvalue weighted by Gasteiger charge is -2.12. The quantitative estimate of drug-likeness (QED) is 0.842. The summed E-state index contributed by atoms with van der Waals surface area (Å²) in [6.45, 7) is 4.26. The number of nitrogens with zero attached hydrogens (tertiary/aromatic N) is 3. The lowest BCUT2D eigenvalue weighted by molar-refractivity contribution is 0.0691. The number of carbonyl (C=O) groups is 1. The van der Waals surface area contributed by atoms with Crippen LogP contribution >= 0.6 is 11.3 Å². The third kappa shape index (κ3) is 3.41. The highest BCUT2D eigenvalue weighted by atomic mass is 32.1. The summed E-state index contributed by atoms with van der Waals surface area (Å²) in [7, 11) is 0. The molecular formula is C12H14N4O3S. The maximum Gasteiger partial charge on any atom is 0.355 e. The van der Waals surface area contributed by atoms with Gasteiger partial charge < -0.3 is 15.2 Å². The first-order valence-corrected chi connectivity index (χ1v) is 6.88. The number of hydrogen-bond acceptors (Lipinski definition) is 7. The summed E-state index contributed by atoms with van der Waals surface area (Å²) in [5.41, 5.74) is 0.0489. The van der Waals surface area contributed by atoms with Crippen molar-refractivity contribution in [3.8, 4) is 5.88 Å². The molecule has 0 aliphatic heterocycles. The number of hydrogen-bond donors (Lipinski definition) is 2. The molecule has 1 unspecified atom stereocenters. The molecule has 0 radical (unpaired) electrons. The summed E-state index contributed by atoms with van der Waals surface area (Å²) in [5.74, 6) is -0.0385. The molecule has 0 aromatic carbocycles. The zero-order valence-corrected chi connectivity index (χ0v) is 11.8. The van der Waals surface area contributed by atoms with Gasteiger partial charge in [-0.05, 0) is 13.8 Å². The zero-order valence-electron chi connectivity index (χ0n) is 11.0. The van der Waals surface area contributed by atoms with Gasteiger partial charge in [-0.1, -0.05) is 0 Å². The average molecular weight is 294 g/mol. The van der Waals surface area contributed by atoms with Gasteiger partial charge in [0.15, 0.2) is 5.69 Å². The minimum Gasteiger partial charge on any atom is -0.477 e. The summed E-state index contributed by atoms with van der Waals surface area (Å²) < 4.78 is 5.27. The highest BCUT2D eigenvalue weighted by Gasteiger charge is 2.14. The maximum atomic E-state index is 10.8. The lowest BCUT2D eigenvalue weighted by atomic mass is 10.3. The van der Waals surface area contributed by atoms with Crippen molar-refractivity contribution in [1.29, 1.82) is 0 Å². The van der Waals surface area contributed by atoms with Crippen LogP contribution in [0.15, 0.2) is 17.8 Å². The molecule has 2 N–H and O–H groups in total. The van der Waals surface area contributed by atoms with Gasteiger partial charge in [-0.3, -0.25) is 4.98 Å². The summed E-state index contributed by atoms with van der Waals surface area (Å²) >= 11 is 1.29. The topological polar surface area (TPSA) is 97.2 Å². The first-order chi connectivity index (χ1) is 9.60. The third-order valence-corrected chi connectivity index (χ3v) is 3.41. The number of rotatable bonds is 6. The normalized spacial score (nSPS) is 11.9. The molecule has 106 valence electrons. The van der Waals surface area contributed by atoms with Crippen LogP contribution in [0.1, 0.15) is 35.4 Å². The Balaban J connectivity index is 2.08. The molecule has 2 rings (SSSR count). The standard InChI is InChI=1S/C12H14N4O3S/c1-3-19-10-5-13-4-9(16-10)14-7(2)11-15-8(6-20-11)12(17)18/h4-7H,3H2,1-2H3,(H,14,16)(H,17,18). The van der Waals surface area contributed by atoms with Crippen molar-refractivity contribution in [1.82, 2.24) is 15.0 Å². The summed E-state index contributed by atoms with van der Waals surface area (Å²) in [5, 5.41) is 14.1. The summed E-state index contributed by atoms with van der Waals surface area (Å²) in [6, 6.07) is -0.167. The molecule has 1 atom stereocenters. The number of aromatic nitrogens is 3. The molecule has 0 aliphatic carbocycles. The monoisotopic (exact) mass is 294 g/mol. The van der Waals surface area contributed by atoms with Crippen molar-refractivity contribution >= 4 is 23.1 Å². The molecular weight excluding hydrogens is 280 g/mol. The van der Waals surface area contributed by atoms with Crippen molar-refractivity contribution in [2.45, 2.75) is 19.9 Å². The fraction of sp³-hybridized carbons (Fsp3) is 0.333. The molecule has 7 nitrogen and oxygen atoms in total. The molecule has 8 heteroatoms. The summed E-state index contributed by atoms with van der Waals surface area (Å²) in [6.07, 6.45) is 3.11. The molecule has 2 aromatic rings. The second-order valence-electron chi connectivity index (χ2n) is 3.92. The van der Waals surface area contributed by atoms with Crippen LogP contribution in [-0.4, -0.2) is 32.6 Å². The third-order valence-electron chi connectivity index (χ3n) is 2.38. The van der Waals surface area contributed by atoms with Crippen molar-refractivity contribution in [2.75, 3.05) is 11.9 Å². The Bertz CT molecular complexity index is 602. The fourth-order valence-electron chi connectivity index (χ4n) is 1.50. The largest absolute Gasteiger partial charge is 0.477 e. The van der Waals surface area contributed by atoms with Gasteiger partial charge in [0.2, 0.25) is 5.88 Å². The van der Waals surface area contributed by atoms with Gasteiger partial charge in [-0.25, -0.2) is 9.78 Å². The van der Waals surface area contributed by atoms with E-state index in [1.54, 1.807) is 6.20 Å². The molecule has 0 amide bonds. The molecule has 0 saturated heterocycles. The molecule has 0 bridgehead atoms. The molecule has 2 heterocycles. The van der Waals surface area contributed by atoms with Crippen molar-refractivity contribution in [2.24, 2.45) is 0 Å². The van der Waals surface area contributed by atoms with Crippen molar-refractivity contribution in [3.05, 3.63) is 28.5 Å². The maximum absolute atomic E-state index is 10.8. The number of nitrogens with one attached hydrogen (secondary N) is 1. The van der Waals surface area contributed by atoms with E-state index in [9.17, 15) is 4.79 Å². The van der Waals surface area contributed by atoms with E-state index in [-0.39, 0.29) is 11.7 Å². The molecule has 20 heavy (non-hydrogen) atoms. The summed E-state index contributed by atoms with van der Waals surface area (Å²) in [4.78, 5) is 23.1. The predicted molar refractivity (Wildman–Crippen MR) is 74.3 cm³/mol. The van der Waals surface area contributed by atoms with Gasteiger partial charge in [-0.15, -0.1) is 11.3 Å². The molecule has 0 spiro atoms. The highest BCUT2D eigenvalue weighted by molar-refractivity contribution is 7.09. The van der Waals surface area contributed by atoms with E-state index < -0.39 is 5.97 Å². The first kappa shape index (κ1) is 14.2. The van der Waals surface area contributed by atoms with E-state index in [1.165, 1.54) is 22.9 Å². The molecule has 0 saturated carbocycles. The van der Waals surface area contributed by atoms with Crippen molar-refractivity contribution in [3.63, 3.8) is 0 Å². The Morgan fingerprint density at radius 3 is 2.95 bits per heavy atom. The van der Waals surface area contributed by atoms with E-state index >= 15 is 0 Å². The Kier molecular flexibility index (Phi) is 4.46. The van der Waals surface area contributed by atoms with Crippen LogP contribution in [0, 0.1) is 0 Å². The van der Waals surface area contributed by atoms with Crippen LogP contribution in [-0.2, 0) is 0 Å². The van der Waals surface area contributed by atoms with Gasteiger partial charge in [0, 0.05) is 5.38 Å².